The first-order valence-corrected chi connectivity index (χ1v) is 19.9. The minimum Gasteiger partial charge on any atom is -0.201 e. The Balaban J connectivity index is 1.30. The summed E-state index contributed by atoms with van der Waals surface area (Å²) >= 11 is 0. The van der Waals surface area contributed by atoms with Gasteiger partial charge in [-0.3, -0.25) is 0 Å². The number of fused-ring (bicyclic) bond motifs is 8. The Morgan fingerprint density at radius 3 is 2.02 bits per heavy atom. The van der Waals surface area contributed by atoms with Crippen molar-refractivity contribution >= 4 is 22.5 Å². The summed E-state index contributed by atoms with van der Waals surface area (Å²) in [5.41, 5.74) is 19.5. The fourth-order valence-corrected chi connectivity index (χ4v) is 9.09. The lowest BCUT2D eigenvalue weighted by molar-refractivity contribution is -0.660. The van der Waals surface area contributed by atoms with Gasteiger partial charge in [0.25, 0.3) is 0 Å². The Morgan fingerprint density at radius 1 is 0.582 bits per heavy atom. The van der Waals surface area contributed by atoms with Crippen LogP contribution in [0.5, 0.6) is 0 Å². The van der Waals surface area contributed by atoms with E-state index in [-0.39, 0.29) is 16.2 Å². The van der Waals surface area contributed by atoms with Gasteiger partial charge in [0.05, 0.1) is 17.5 Å². The first-order valence-electron chi connectivity index (χ1n) is 19.9. The van der Waals surface area contributed by atoms with Gasteiger partial charge in [0, 0.05) is 35.8 Å². The summed E-state index contributed by atoms with van der Waals surface area (Å²) < 4.78 is 4.76. The molecule has 9 rings (SSSR count). The van der Waals surface area contributed by atoms with Crippen LogP contribution in [0.15, 0.2) is 134 Å². The predicted octanol–water partition coefficient (Wildman–Crippen LogP) is 12.4. The summed E-state index contributed by atoms with van der Waals surface area (Å²) in [7, 11) is 2.19. The van der Waals surface area contributed by atoms with E-state index in [1.165, 1.54) is 94.6 Å². The van der Waals surface area contributed by atoms with Gasteiger partial charge in [0.2, 0.25) is 11.4 Å². The van der Waals surface area contributed by atoms with Crippen molar-refractivity contribution in [2.75, 3.05) is 0 Å². The Labute approximate surface area is 327 Å². The second kappa shape index (κ2) is 12.5. The summed E-state index contributed by atoms with van der Waals surface area (Å²) in [5, 5.41) is 2.65. The molecule has 5 aromatic carbocycles. The number of allylic oxidation sites excluding steroid dienone is 1. The van der Waals surface area contributed by atoms with Gasteiger partial charge >= 0.3 is 0 Å². The van der Waals surface area contributed by atoms with Gasteiger partial charge < -0.3 is 0 Å². The van der Waals surface area contributed by atoms with E-state index in [0.717, 1.165) is 6.42 Å². The second-order valence-corrected chi connectivity index (χ2v) is 18.5. The molecule has 1 aliphatic heterocycles. The van der Waals surface area contributed by atoms with Crippen molar-refractivity contribution in [3.63, 3.8) is 0 Å². The highest BCUT2D eigenvalue weighted by atomic mass is 15.0. The molecule has 2 aliphatic rings. The topological polar surface area (TPSA) is 7.76 Å². The Kier molecular flexibility index (Phi) is 7.96. The van der Waals surface area contributed by atoms with Crippen LogP contribution in [0.2, 0.25) is 0 Å². The molecule has 0 bridgehead atoms. The van der Waals surface area contributed by atoms with Crippen molar-refractivity contribution in [3.8, 4) is 44.8 Å². The maximum Gasteiger partial charge on any atom is 0.218 e. The van der Waals surface area contributed by atoms with Crippen molar-refractivity contribution in [3.05, 3.63) is 167 Å². The molecule has 1 aliphatic carbocycles. The quantitative estimate of drug-likeness (QED) is 0.161. The highest BCUT2D eigenvalue weighted by Crippen LogP contribution is 2.53. The summed E-state index contributed by atoms with van der Waals surface area (Å²) in [4.78, 5) is 0. The molecule has 2 aromatic heterocycles. The molecule has 0 saturated heterocycles. The van der Waals surface area contributed by atoms with Crippen LogP contribution in [0.4, 0.5) is 0 Å². The molecule has 3 heterocycles. The van der Waals surface area contributed by atoms with Crippen LogP contribution >= 0.6 is 0 Å². The van der Waals surface area contributed by atoms with Crippen molar-refractivity contribution in [2.45, 2.75) is 78.1 Å². The van der Waals surface area contributed by atoms with E-state index in [9.17, 15) is 0 Å². The minimum absolute atomic E-state index is 0.0249. The lowest BCUT2D eigenvalue weighted by atomic mass is 9.79. The SMILES string of the molecule is C[n+]1ccc(C(C)(C)C)cc1-c1cc2c(cc1/C=C1/Cc3ccc(-c4ccccc4)cc3-c3cc(C(C)(C)C)cc[n+]31)C(C)(C)c1c-2ccc2ccccc12. The summed E-state index contributed by atoms with van der Waals surface area (Å²) in [6, 6.07) is 45.9. The molecule has 0 unspecified atom stereocenters. The first-order chi connectivity index (χ1) is 26.2. The molecule has 0 spiro atoms. The average molecular weight is 717 g/mol. The molecule has 2 nitrogen and oxygen atoms in total. The third-order valence-corrected chi connectivity index (χ3v) is 12.3. The van der Waals surface area contributed by atoms with Gasteiger partial charge in [-0.15, -0.1) is 0 Å². The van der Waals surface area contributed by atoms with E-state index in [2.05, 4.69) is 211 Å². The summed E-state index contributed by atoms with van der Waals surface area (Å²) in [6.45, 7) is 18.7. The van der Waals surface area contributed by atoms with Crippen LogP contribution in [-0.2, 0) is 29.7 Å². The van der Waals surface area contributed by atoms with Crippen molar-refractivity contribution in [2.24, 2.45) is 7.05 Å². The molecular formula is C53H52N2+2. The molecule has 0 radical (unpaired) electrons. The molecule has 7 aromatic rings. The Hall–Kier alpha value is -5.60. The average Bonchev–Trinajstić information content (AvgIpc) is 3.39. The lowest BCUT2D eigenvalue weighted by Gasteiger charge is -2.24. The van der Waals surface area contributed by atoms with E-state index in [0.29, 0.717) is 0 Å². The summed E-state index contributed by atoms with van der Waals surface area (Å²) in [5.74, 6) is 0. The number of aryl methyl sites for hydroxylation is 1. The lowest BCUT2D eigenvalue weighted by Crippen LogP contribution is -2.39. The predicted molar refractivity (Wildman–Crippen MR) is 231 cm³/mol. The number of hydrogen-bond donors (Lipinski definition) is 0. The third kappa shape index (κ3) is 5.86. The number of pyridine rings is 2. The molecule has 2 heteroatoms. The van der Waals surface area contributed by atoms with Crippen molar-refractivity contribution in [1.29, 1.82) is 0 Å². The monoisotopic (exact) mass is 716 g/mol. The molecular weight excluding hydrogens is 665 g/mol. The highest BCUT2D eigenvalue weighted by Gasteiger charge is 2.39. The number of rotatable bonds is 3. The molecule has 0 amide bonds. The van der Waals surface area contributed by atoms with Crippen LogP contribution < -0.4 is 9.13 Å². The maximum absolute atomic E-state index is 2.52. The largest absolute Gasteiger partial charge is 0.218 e. The molecule has 0 saturated carbocycles. The van der Waals surface area contributed by atoms with Crippen molar-refractivity contribution in [1.82, 2.24) is 0 Å². The second-order valence-electron chi connectivity index (χ2n) is 18.5. The molecule has 0 atom stereocenters. The molecule has 0 N–H and O–H groups in total. The summed E-state index contributed by atoms with van der Waals surface area (Å²) in [6.07, 6.45) is 7.89. The van der Waals surface area contributed by atoms with E-state index in [1.54, 1.807) is 0 Å². The molecule has 0 fully saturated rings. The van der Waals surface area contributed by atoms with Gasteiger partial charge in [-0.25, -0.2) is 4.57 Å². The zero-order valence-corrected chi connectivity index (χ0v) is 33.9. The standard InChI is InChI=1S/C53H52N2/c1-51(2,3)39-23-25-54(9)48(31-39)45-33-46-43-22-21-35-17-13-14-18-42(35)50(43)53(7,8)47(46)30-38(45)28-41-27-37-20-19-36(34-15-11-10-12-16-34)29-44(37)49-32-40(52(4,5)6)24-26-55(41)49/h10-26,28-33H,27H2,1-9H3/q+2/b41-28-. The molecule has 55 heavy (non-hydrogen) atoms. The maximum atomic E-state index is 2.52. The van der Waals surface area contributed by atoms with Crippen molar-refractivity contribution < 1.29 is 9.13 Å². The Bertz CT molecular complexity index is 2710. The van der Waals surface area contributed by atoms with Gasteiger partial charge in [-0.05, 0) is 95.4 Å². The van der Waals surface area contributed by atoms with Crippen LogP contribution in [0.1, 0.15) is 88.8 Å². The smallest absolute Gasteiger partial charge is 0.201 e. The van der Waals surface area contributed by atoms with Crippen LogP contribution in [-0.4, -0.2) is 0 Å². The van der Waals surface area contributed by atoms with Crippen LogP contribution in [0, 0.1) is 0 Å². The highest BCUT2D eigenvalue weighted by molar-refractivity contribution is 5.99. The van der Waals surface area contributed by atoms with E-state index >= 15 is 0 Å². The first kappa shape index (κ1) is 35.1. The van der Waals surface area contributed by atoms with Gasteiger partial charge in [-0.2, -0.15) is 4.57 Å². The van der Waals surface area contributed by atoms with E-state index in [4.69, 9.17) is 0 Å². The number of hydrogen-bond acceptors (Lipinski definition) is 0. The zero-order valence-electron chi connectivity index (χ0n) is 33.9. The number of nitrogens with zero attached hydrogens (tertiary/aromatic N) is 2. The normalized spacial score (nSPS) is 15.1. The van der Waals surface area contributed by atoms with Crippen LogP contribution in [0.25, 0.3) is 67.3 Å². The van der Waals surface area contributed by atoms with E-state index < -0.39 is 0 Å². The number of aromatic nitrogens is 2. The fourth-order valence-electron chi connectivity index (χ4n) is 9.09. The third-order valence-electron chi connectivity index (χ3n) is 12.3. The van der Waals surface area contributed by atoms with Gasteiger partial charge in [0.15, 0.2) is 18.1 Å². The molecule has 272 valence electrons. The van der Waals surface area contributed by atoms with Crippen LogP contribution in [0.3, 0.4) is 0 Å². The Morgan fingerprint density at radius 2 is 1.27 bits per heavy atom. The van der Waals surface area contributed by atoms with Gasteiger partial charge in [0.1, 0.15) is 7.05 Å². The zero-order chi connectivity index (χ0) is 38.4. The number of benzene rings is 5. The minimum atomic E-state index is -0.160. The van der Waals surface area contributed by atoms with E-state index in [1.807, 2.05) is 0 Å². The van der Waals surface area contributed by atoms with Gasteiger partial charge in [-0.1, -0.05) is 134 Å². The fraction of sp³-hybridized carbons (Fsp3) is 0.245.